The molecule has 0 bridgehead atoms. The first-order valence-corrected chi connectivity index (χ1v) is 8.88. The maximum Gasteiger partial charge on any atom is 0.232 e. The Balaban J connectivity index is 1.44. The van der Waals surface area contributed by atoms with Gasteiger partial charge in [0.05, 0.1) is 12.2 Å². The van der Waals surface area contributed by atoms with Crippen molar-refractivity contribution in [1.29, 1.82) is 0 Å². The number of anilines is 1. The number of hydrogen-bond donors (Lipinski definition) is 1. The summed E-state index contributed by atoms with van der Waals surface area (Å²) in [6.07, 6.45) is 1.57. The van der Waals surface area contributed by atoms with Crippen LogP contribution in [0.1, 0.15) is 17.7 Å². The molecule has 0 aliphatic carbocycles. The van der Waals surface area contributed by atoms with Crippen LogP contribution in [-0.4, -0.2) is 47.9 Å². The van der Waals surface area contributed by atoms with E-state index in [0.29, 0.717) is 19.6 Å². The van der Waals surface area contributed by atoms with E-state index in [1.165, 1.54) is 11.3 Å². The first-order valence-electron chi connectivity index (χ1n) is 8.88. The number of aryl methyl sites for hydroxylation is 1. The van der Waals surface area contributed by atoms with E-state index >= 15 is 0 Å². The molecule has 3 rings (SSSR count). The summed E-state index contributed by atoms with van der Waals surface area (Å²) in [6.45, 7) is 5.26. The van der Waals surface area contributed by atoms with Gasteiger partial charge in [0, 0.05) is 38.1 Å². The third kappa shape index (κ3) is 4.81. The number of benzene rings is 1. The Bertz CT molecular complexity index is 755. The van der Waals surface area contributed by atoms with Gasteiger partial charge >= 0.3 is 0 Å². The van der Waals surface area contributed by atoms with Gasteiger partial charge < -0.3 is 15.1 Å². The molecule has 2 amide bonds. The number of aromatic nitrogens is 1. The van der Waals surface area contributed by atoms with Crippen molar-refractivity contribution in [3.63, 3.8) is 0 Å². The van der Waals surface area contributed by atoms with Gasteiger partial charge in [0.15, 0.2) is 0 Å². The third-order valence-corrected chi connectivity index (χ3v) is 4.50. The second-order valence-corrected chi connectivity index (χ2v) is 6.48. The summed E-state index contributed by atoms with van der Waals surface area (Å²) >= 11 is 0. The SMILES string of the molecule is Cc1cccc(N2CCN(C(=O)CC(=O)NCc3ccccn3)CC2)c1. The minimum absolute atomic E-state index is 0.114. The number of carbonyl (C=O) groups is 2. The molecule has 6 heteroatoms. The maximum atomic E-state index is 12.3. The summed E-state index contributed by atoms with van der Waals surface area (Å²) in [5, 5.41) is 2.75. The largest absolute Gasteiger partial charge is 0.368 e. The molecule has 6 nitrogen and oxygen atoms in total. The molecule has 1 N–H and O–H groups in total. The molecule has 136 valence electrons. The van der Waals surface area contributed by atoms with Crippen molar-refractivity contribution in [2.45, 2.75) is 19.9 Å². The van der Waals surface area contributed by atoms with Crippen LogP contribution in [0.4, 0.5) is 5.69 Å². The molecule has 1 aliphatic heterocycles. The predicted octanol–water partition coefficient (Wildman–Crippen LogP) is 1.75. The van der Waals surface area contributed by atoms with E-state index in [-0.39, 0.29) is 18.2 Å². The number of hydrogen-bond acceptors (Lipinski definition) is 4. The molecule has 1 aromatic heterocycles. The molecular weight excluding hydrogens is 328 g/mol. The van der Waals surface area contributed by atoms with Gasteiger partial charge in [-0.05, 0) is 36.8 Å². The van der Waals surface area contributed by atoms with Crippen LogP contribution in [0.25, 0.3) is 0 Å². The van der Waals surface area contributed by atoms with Crippen LogP contribution < -0.4 is 10.2 Å². The van der Waals surface area contributed by atoms with Gasteiger partial charge in [-0.3, -0.25) is 14.6 Å². The number of nitrogens with zero attached hydrogens (tertiary/aromatic N) is 3. The standard InChI is InChI=1S/C20H24N4O2/c1-16-5-4-7-18(13-16)23-9-11-24(12-10-23)20(26)14-19(25)22-15-17-6-2-3-8-21-17/h2-8,13H,9-12,14-15H2,1H3,(H,22,25). The first-order chi connectivity index (χ1) is 12.6. The second kappa shape index (κ2) is 8.47. The van der Waals surface area contributed by atoms with E-state index in [1.54, 1.807) is 11.1 Å². The van der Waals surface area contributed by atoms with Gasteiger partial charge in [-0.25, -0.2) is 0 Å². The minimum Gasteiger partial charge on any atom is -0.368 e. The highest BCUT2D eigenvalue weighted by atomic mass is 16.2. The molecule has 1 aromatic carbocycles. The highest BCUT2D eigenvalue weighted by Crippen LogP contribution is 2.18. The van der Waals surface area contributed by atoms with Gasteiger partial charge in [0.25, 0.3) is 0 Å². The predicted molar refractivity (Wildman–Crippen MR) is 101 cm³/mol. The molecule has 1 aliphatic rings. The molecule has 1 saturated heterocycles. The number of piperazine rings is 1. The summed E-state index contributed by atoms with van der Waals surface area (Å²) in [4.78, 5) is 32.5. The molecule has 0 unspecified atom stereocenters. The Morgan fingerprint density at radius 1 is 1.08 bits per heavy atom. The molecular formula is C20H24N4O2. The zero-order valence-corrected chi connectivity index (χ0v) is 15.0. The van der Waals surface area contributed by atoms with Crippen molar-refractivity contribution >= 4 is 17.5 Å². The summed E-state index contributed by atoms with van der Waals surface area (Å²) in [6, 6.07) is 13.9. The fraction of sp³-hybridized carbons (Fsp3) is 0.350. The molecule has 2 aromatic rings. The van der Waals surface area contributed by atoms with Crippen LogP contribution in [0.15, 0.2) is 48.7 Å². The Labute approximate surface area is 153 Å². The molecule has 1 fully saturated rings. The van der Waals surface area contributed by atoms with Gasteiger partial charge in [0.2, 0.25) is 11.8 Å². The topological polar surface area (TPSA) is 65.5 Å². The monoisotopic (exact) mass is 352 g/mol. The summed E-state index contributed by atoms with van der Waals surface area (Å²) in [7, 11) is 0. The molecule has 26 heavy (non-hydrogen) atoms. The lowest BCUT2D eigenvalue weighted by Gasteiger charge is -2.36. The van der Waals surface area contributed by atoms with Crippen LogP contribution in [0.5, 0.6) is 0 Å². The smallest absolute Gasteiger partial charge is 0.232 e. The van der Waals surface area contributed by atoms with Crippen LogP contribution in [-0.2, 0) is 16.1 Å². The number of rotatable bonds is 5. The van der Waals surface area contributed by atoms with Crippen molar-refractivity contribution in [2.24, 2.45) is 0 Å². The highest BCUT2D eigenvalue weighted by Gasteiger charge is 2.22. The minimum atomic E-state index is -0.262. The third-order valence-electron chi connectivity index (χ3n) is 4.50. The van der Waals surface area contributed by atoms with Crippen molar-refractivity contribution in [3.05, 3.63) is 59.9 Å². The number of carbonyl (C=O) groups excluding carboxylic acids is 2. The van der Waals surface area contributed by atoms with Crippen molar-refractivity contribution in [2.75, 3.05) is 31.1 Å². The van der Waals surface area contributed by atoms with E-state index < -0.39 is 0 Å². The average molecular weight is 352 g/mol. The molecule has 0 spiro atoms. The Morgan fingerprint density at radius 3 is 2.58 bits per heavy atom. The summed E-state index contributed by atoms with van der Waals surface area (Å²) in [5.41, 5.74) is 3.19. The fourth-order valence-corrected chi connectivity index (χ4v) is 3.04. The van der Waals surface area contributed by atoms with Crippen LogP contribution >= 0.6 is 0 Å². The van der Waals surface area contributed by atoms with E-state index in [9.17, 15) is 9.59 Å². The molecule has 2 heterocycles. The Hall–Kier alpha value is -2.89. The Morgan fingerprint density at radius 2 is 1.88 bits per heavy atom. The molecule has 0 radical (unpaired) electrons. The van der Waals surface area contributed by atoms with Crippen molar-refractivity contribution < 1.29 is 9.59 Å². The van der Waals surface area contributed by atoms with Gasteiger partial charge in [-0.15, -0.1) is 0 Å². The summed E-state index contributed by atoms with van der Waals surface area (Å²) < 4.78 is 0. The number of nitrogens with one attached hydrogen (secondary N) is 1. The summed E-state index contributed by atoms with van der Waals surface area (Å²) in [5.74, 6) is -0.380. The quantitative estimate of drug-likeness (QED) is 0.833. The van der Waals surface area contributed by atoms with Crippen molar-refractivity contribution in [1.82, 2.24) is 15.2 Å². The highest BCUT2D eigenvalue weighted by molar-refractivity contribution is 5.96. The zero-order valence-electron chi connectivity index (χ0n) is 15.0. The second-order valence-electron chi connectivity index (χ2n) is 6.48. The lowest BCUT2D eigenvalue weighted by Crippen LogP contribution is -2.49. The zero-order chi connectivity index (χ0) is 18.4. The van der Waals surface area contributed by atoms with E-state index in [2.05, 4.69) is 40.3 Å². The van der Waals surface area contributed by atoms with Crippen LogP contribution in [0.3, 0.4) is 0 Å². The van der Waals surface area contributed by atoms with Crippen LogP contribution in [0.2, 0.25) is 0 Å². The van der Waals surface area contributed by atoms with E-state index in [0.717, 1.165) is 18.8 Å². The van der Waals surface area contributed by atoms with Gasteiger partial charge in [-0.2, -0.15) is 0 Å². The van der Waals surface area contributed by atoms with Gasteiger partial charge in [-0.1, -0.05) is 18.2 Å². The Kier molecular flexibility index (Phi) is 5.84. The van der Waals surface area contributed by atoms with Gasteiger partial charge in [0.1, 0.15) is 6.42 Å². The molecule has 0 saturated carbocycles. The van der Waals surface area contributed by atoms with E-state index in [4.69, 9.17) is 0 Å². The lowest BCUT2D eigenvalue weighted by molar-refractivity contribution is -0.136. The van der Waals surface area contributed by atoms with Crippen molar-refractivity contribution in [3.8, 4) is 0 Å². The van der Waals surface area contributed by atoms with Crippen LogP contribution in [0, 0.1) is 6.92 Å². The maximum absolute atomic E-state index is 12.3. The molecule has 0 atom stereocenters. The normalized spacial score (nSPS) is 14.2. The number of pyridine rings is 1. The van der Waals surface area contributed by atoms with E-state index in [1.807, 2.05) is 24.3 Å². The first kappa shape index (κ1) is 17.9. The fourth-order valence-electron chi connectivity index (χ4n) is 3.04. The number of amides is 2. The average Bonchev–Trinajstić information content (AvgIpc) is 2.67. The lowest BCUT2D eigenvalue weighted by atomic mass is 10.2.